The standard InChI is InChI=1S/C15H21ClFNO/c1-10(2)6-11(9-18)7-13(19)8-12-4-3-5-14(17)15(12)16/h3-5,10-11H,6-9,18H2,1-2H3. The Morgan fingerprint density at radius 3 is 2.68 bits per heavy atom. The zero-order chi connectivity index (χ0) is 14.4. The molecule has 0 saturated heterocycles. The van der Waals surface area contributed by atoms with Crippen molar-refractivity contribution < 1.29 is 9.18 Å². The number of hydrogen-bond donors (Lipinski definition) is 1. The summed E-state index contributed by atoms with van der Waals surface area (Å²) in [5.74, 6) is 0.284. The molecule has 0 spiro atoms. The molecule has 0 aliphatic heterocycles. The Morgan fingerprint density at radius 2 is 2.11 bits per heavy atom. The predicted octanol–water partition coefficient (Wildman–Crippen LogP) is 3.60. The molecule has 0 fully saturated rings. The molecule has 1 atom stereocenters. The summed E-state index contributed by atoms with van der Waals surface area (Å²) in [4.78, 5) is 12.0. The van der Waals surface area contributed by atoms with Crippen LogP contribution in [0.5, 0.6) is 0 Å². The average Bonchev–Trinajstić information content (AvgIpc) is 2.33. The molecular formula is C15H21ClFNO. The van der Waals surface area contributed by atoms with Gasteiger partial charge in [0.2, 0.25) is 0 Å². The zero-order valence-electron chi connectivity index (χ0n) is 11.5. The fourth-order valence-corrected chi connectivity index (χ4v) is 2.41. The number of nitrogens with two attached hydrogens (primary N) is 1. The van der Waals surface area contributed by atoms with E-state index in [4.69, 9.17) is 17.3 Å². The molecule has 0 bridgehead atoms. The molecule has 0 saturated carbocycles. The summed E-state index contributed by atoms with van der Waals surface area (Å²) in [6, 6.07) is 4.54. The van der Waals surface area contributed by atoms with E-state index in [1.807, 2.05) is 0 Å². The number of rotatable bonds is 7. The Balaban J connectivity index is 2.62. The normalized spacial score (nSPS) is 12.7. The van der Waals surface area contributed by atoms with Crippen LogP contribution in [0, 0.1) is 17.7 Å². The summed E-state index contributed by atoms with van der Waals surface area (Å²) in [7, 11) is 0. The third-order valence-electron chi connectivity index (χ3n) is 3.07. The van der Waals surface area contributed by atoms with Crippen LogP contribution in [0.3, 0.4) is 0 Å². The zero-order valence-corrected chi connectivity index (χ0v) is 12.2. The summed E-state index contributed by atoms with van der Waals surface area (Å²) >= 11 is 5.84. The lowest BCUT2D eigenvalue weighted by atomic mass is 9.91. The molecule has 0 heterocycles. The van der Waals surface area contributed by atoms with Gasteiger partial charge < -0.3 is 5.73 Å². The predicted molar refractivity (Wildman–Crippen MR) is 76.7 cm³/mol. The fourth-order valence-electron chi connectivity index (χ4n) is 2.22. The van der Waals surface area contributed by atoms with Gasteiger partial charge in [-0.3, -0.25) is 4.79 Å². The Kier molecular flexibility index (Phi) is 6.46. The Labute approximate surface area is 119 Å². The maximum Gasteiger partial charge on any atom is 0.142 e. The van der Waals surface area contributed by atoms with E-state index in [1.165, 1.54) is 6.07 Å². The van der Waals surface area contributed by atoms with E-state index in [0.717, 1.165) is 6.42 Å². The minimum absolute atomic E-state index is 0.0454. The van der Waals surface area contributed by atoms with Crippen LogP contribution in [-0.2, 0) is 11.2 Å². The smallest absolute Gasteiger partial charge is 0.142 e. The molecule has 1 aromatic rings. The Bertz CT molecular complexity index is 434. The molecular weight excluding hydrogens is 265 g/mol. The quantitative estimate of drug-likeness (QED) is 0.832. The van der Waals surface area contributed by atoms with Gasteiger partial charge in [0.1, 0.15) is 11.6 Å². The van der Waals surface area contributed by atoms with Gasteiger partial charge in [0.15, 0.2) is 0 Å². The molecule has 0 amide bonds. The Hall–Kier alpha value is -0.930. The second kappa shape index (κ2) is 7.61. The molecule has 0 aromatic heterocycles. The van der Waals surface area contributed by atoms with Crippen molar-refractivity contribution in [3.8, 4) is 0 Å². The van der Waals surface area contributed by atoms with E-state index < -0.39 is 5.82 Å². The van der Waals surface area contributed by atoms with Crippen LogP contribution in [-0.4, -0.2) is 12.3 Å². The number of halogens is 2. The summed E-state index contributed by atoms with van der Waals surface area (Å²) in [6.45, 7) is 4.72. The summed E-state index contributed by atoms with van der Waals surface area (Å²) in [6.07, 6.45) is 1.53. The lowest BCUT2D eigenvalue weighted by Crippen LogP contribution is -2.21. The summed E-state index contributed by atoms with van der Waals surface area (Å²) in [5.41, 5.74) is 6.23. The van der Waals surface area contributed by atoms with Crippen LogP contribution in [0.4, 0.5) is 4.39 Å². The van der Waals surface area contributed by atoms with Gasteiger partial charge in [0, 0.05) is 12.8 Å². The van der Waals surface area contributed by atoms with Crippen LogP contribution < -0.4 is 5.73 Å². The van der Waals surface area contributed by atoms with Gasteiger partial charge in [0.25, 0.3) is 0 Å². The highest BCUT2D eigenvalue weighted by Crippen LogP contribution is 2.22. The topological polar surface area (TPSA) is 43.1 Å². The molecule has 1 rings (SSSR count). The van der Waals surface area contributed by atoms with Crippen molar-refractivity contribution in [1.82, 2.24) is 0 Å². The molecule has 1 unspecified atom stereocenters. The number of hydrogen-bond acceptors (Lipinski definition) is 2. The second-order valence-electron chi connectivity index (χ2n) is 5.36. The number of benzene rings is 1. The molecule has 1 aromatic carbocycles. The van der Waals surface area contributed by atoms with Gasteiger partial charge in [-0.25, -0.2) is 4.39 Å². The van der Waals surface area contributed by atoms with E-state index >= 15 is 0 Å². The van der Waals surface area contributed by atoms with Crippen molar-refractivity contribution in [2.75, 3.05) is 6.54 Å². The van der Waals surface area contributed by atoms with Gasteiger partial charge in [-0.2, -0.15) is 0 Å². The van der Waals surface area contributed by atoms with Crippen LogP contribution in [0.1, 0.15) is 32.3 Å². The number of ketones is 1. The first-order valence-corrected chi connectivity index (χ1v) is 6.96. The number of Topliss-reactive ketones (excluding diaryl/α,β-unsaturated/α-hetero) is 1. The molecule has 106 valence electrons. The maximum absolute atomic E-state index is 13.3. The largest absolute Gasteiger partial charge is 0.330 e. The lowest BCUT2D eigenvalue weighted by Gasteiger charge is -2.16. The number of carbonyl (C=O) groups is 1. The minimum atomic E-state index is -0.482. The van der Waals surface area contributed by atoms with Gasteiger partial charge in [0.05, 0.1) is 5.02 Å². The van der Waals surface area contributed by atoms with Crippen molar-refractivity contribution in [2.24, 2.45) is 17.6 Å². The van der Waals surface area contributed by atoms with Crippen molar-refractivity contribution >= 4 is 17.4 Å². The van der Waals surface area contributed by atoms with Gasteiger partial charge in [-0.15, -0.1) is 0 Å². The van der Waals surface area contributed by atoms with E-state index in [-0.39, 0.29) is 23.1 Å². The highest BCUT2D eigenvalue weighted by atomic mass is 35.5. The van der Waals surface area contributed by atoms with Gasteiger partial charge in [-0.1, -0.05) is 37.6 Å². The lowest BCUT2D eigenvalue weighted by molar-refractivity contribution is -0.119. The van der Waals surface area contributed by atoms with Crippen molar-refractivity contribution in [3.05, 3.63) is 34.6 Å². The van der Waals surface area contributed by atoms with E-state index in [0.29, 0.717) is 24.4 Å². The first kappa shape index (κ1) is 16.1. The molecule has 4 heteroatoms. The van der Waals surface area contributed by atoms with E-state index in [1.54, 1.807) is 12.1 Å². The monoisotopic (exact) mass is 285 g/mol. The highest BCUT2D eigenvalue weighted by molar-refractivity contribution is 6.31. The highest BCUT2D eigenvalue weighted by Gasteiger charge is 2.16. The van der Waals surface area contributed by atoms with Crippen molar-refractivity contribution in [1.29, 1.82) is 0 Å². The van der Waals surface area contributed by atoms with E-state index in [9.17, 15) is 9.18 Å². The van der Waals surface area contributed by atoms with Gasteiger partial charge in [-0.05, 0) is 36.4 Å². The van der Waals surface area contributed by atoms with E-state index in [2.05, 4.69) is 13.8 Å². The molecule has 0 radical (unpaired) electrons. The number of carbonyl (C=O) groups excluding carboxylic acids is 1. The fraction of sp³-hybridized carbons (Fsp3) is 0.533. The van der Waals surface area contributed by atoms with Crippen molar-refractivity contribution in [2.45, 2.75) is 33.1 Å². The van der Waals surface area contributed by atoms with Crippen molar-refractivity contribution in [3.63, 3.8) is 0 Å². The first-order valence-electron chi connectivity index (χ1n) is 6.58. The summed E-state index contributed by atoms with van der Waals surface area (Å²) in [5, 5.41) is 0.0454. The van der Waals surface area contributed by atoms with Crippen LogP contribution in [0.2, 0.25) is 5.02 Å². The molecule has 2 N–H and O–H groups in total. The van der Waals surface area contributed by atoms with Crippen LogP contribution in [0.25, 0.3) is 0 Å². The first-order chi connectivity index (χ1) is 8.93. The minimum Gasteiger partial charge on any atom is -0.330 e. The van der Waals surface area contributed by atoms with Gasteiger partial charge >= 0.3 is 0 Å². The molecule has 19 heavy (non-hydrogen) atoms. The second-order valence-corrected chi connectivity index (χ2v) is 5.74. The third-order valence-corrected chi connectivity index (χ3v) is 3.50. The SMILES string of the molecule is CC(C)CC(CN)CC(=O)Cc1cccc(F)c1Cl. The van der Waals surface area contributed by atoms with Crippen LogP contribution in [0.15, 0.2) is 18.2 Å². The maximum atomic E-state index is 13.3. The molecule has 2 nitrogen and oxygen atoms in total. The summed E-state index contributed by atoms with van der Waals surface area (Å²) < 4.78 is 13.3. The molecule has 0 aliphatic carbocycles. The third kappa shape index (κ3) is 5.29. The Morgan fingerprint density at radius 1 is 1.42 bits per heavy atom. The average molecular weight is 286 g/mol. The van der Waals surface area contributed by atoms with Crippen LogP contribution >= 0.6 is 11.6 Å². The molecule has 0 aliphatic rings.